The number of nitrogens with one attached hydrogen (secondary N) is 1. The number of nitrogens with zero attached hydrogens (tertiary/aromatic N) is 1. The van der Waals surface area contributed by atoms with Crippen LogP contribution in [0.3, 0.4) is 0 Å². The summed E-state index contributed by atoms with van der Waals surface area (Å²) in [7, 11) is 0. The van der Waals surface area contributed by atoms with Crippen LogP contribution in [-0.2, 0) is 9.63 Å². The van der Waals surface area contributed by atoms with Crippen molar-refractivity contribution in [3.05, 3.63) is 11.6 Å². The van der Waals surface area contributed by atoms with Gasteiger partial charge in [-0.15, -0.1) is 0 Å². The van der Waals surface area contributed by atoms with Gasteiger partial charge in [0.1, 0.15) is 11.9 Å². The highest BCUT2D eigenvalue weighted by Gasteiger charge is 2.58. The van der Waals surface area contributed by atoms with Gasteiger partial charge in [0, 0.05) is 24.8 Å². The number of ketones is 1. The zero-order chi connectivity index (χ0) is 18.6. The molecule has 0 aromatic carbocycles. The smallest absolute Gasteiger partial charge is 0.141 e. The van der Waals surface area contributed by atoms with Crippen molar-refractivity contribution < 1.29 is 9.63 Å². The number of hydrogen-bond acceptors (Lipinski definition) is 4. The van der Waals surface area contributed by atoms with Crippen molar-refractivity contribution in [2.24, 2.45) is 33.7 Å². The van der Waals surface area contributed by atoms with Crippen LogP contribution in [0.5, 0.6) is 0 Å². The summed E-state index contributed by atoms with van der Waals surface area (Å²) in [6.07, 6.45) is 12.7. The number of hydrogen-bond donors (Lipinski definition) is 1. The lowest BCUT2D eigenvalue weighted by molar-refractivity contribution is -0.132. The molecule has 4 heteroatoms. The fourth-order valence-corrected chi connectivity index (χ4v) is 7.27. The molecule has 5 aliphatic rings. The number of oxime groups is 1. The van der Waals surface area contributed by atoms with Crippen molar-refractivity contribution in [1.82, 2.24) is 5.32 Å². The van der Waals surface area contributed by atoms with Crippen LogP contribution in [0.15, 0.2) is 16.8 Å². The Kier molecular flexibility index (Phi) is 4.27. The monoisotopic (exact) mass is 370 g/mol. The third-order valence-corrected chi connectivity index (χ3v) is 9.02. The minimum Gasteiger partial charge on any atom is -0.391 e. The lowest BCUT2D eigenvalue weighted by Gasteiger charge is -2.57. The molecule has 0 spiro atoms. The topological polar surface area (TPSA) is 50.7 Å². The first-order valence-corrected chi connectivity index (χ1v) is 11.2. The largest absolute Gasteiger partial charge is 0.391 e. The molecule has 1 aliphatic heterocycles. The minimum atomic E-state index is -0.0107. The Morgan fingerprint density at radius 2 is 1.89 bits per heavy atom. The second-order valence-corrected chi connectivity index (χ2v) is 10.2. The Hall–Kier alpha value is -1.16. The SMILES string of the molecule is C[C@]12CCC(=NOC3CCNC3)C=C1CCC1C2CC[C@]2(C)C(=O)CCC12. The van der Waals surface area contributed by atoms with Crippen molar-refractivity contribution in [3.8, 4) is 0 Å². The van der Waals surface area contributed by atoms with Gasteiger partial charge in [0.15, 0.2) is 0 Å². The van der Waals surface area contributed by atoms with Crippen LogP contribution in [0.1, 0.15) is 71.6 Å². The van der Waals surface area contributed by atoms with E-state index < -0.39 is 0 Å². The van der Waals surface area contributed by atoms with Gasteiger partial charge in [-0.1, -0.05) is 24.6 Å². The highest BCUT2D eigenvalue weighted by molar-refractivity contribution is 5.96. The van der Waals surface area contributed by atoms with E-state index >= 15 is 0 Å². The van der Waals surface area contributed by atoms with Gasteiger partial charge in [-0.2, -0.15) is 0 Å². The number of Topliss-reactive ketones (excluding diaryl/α,β-unsaturated/α-hetero) is 1. The average molecular weight is 371 g/mol. The van der Waals surface area contributed by atoms with Crippen LogP contribution in [-0.4, -0.2) is 30.7 Å². The van der Waals surface area contributed by atoms with Crippen molar-refractivity contribution >= 4 is 11.5 Å². The molecule has 3 saturated carbocycles. The number of allylic oxidation sites excluding steroid dienone is 2. The number of fused-ring (bicyclic) bond motifs is 5. The number of carbonyl (C=O) groups is 1. The fourth-order valence-electron chi connectivity index (χ4n) is 7.27. The molecule has 27 heavy (non-hydrogen) atoms. The van der Waals surface area contributed by atoms with E-state index in [0.29, 0.717) is 17.1 Å². The van der Waals surface area contributed by atoms with Crippen LogP contribution in [0.2, 0.25) is 0 Å². The lowest BCUT2D eigenvalue weighted by atomic mass is 9.47. The van der Waals surface area contributed by atoms with Crippen molar-refractivity contribution in [2.75, 3.05) is 13.1 Å². The van der Waals surface area contributed by atoms with Crippen molar-refractivity contribution in [1.29, 1.82) is 0 Å². The zero-order valence-corrected chi connectivity index (χ0v) is 16.9. The van der Waals surface area contributed by atoms with E-state index in [4.69, 9.17) is 4.84 Å². The summed E-state index contributed by atoms with van der Waals surface area (Å²) in [4.78, 5) is 18.3. The first-order chi connectivity index (χ1) is 13.0. The molecule has 5 rings (SSSR count). The lowest BCUT2D eigenvalue weighted by Crippen LogP contribution is -2.50. The van der Waals surface area contributed by atoms with Crippen LogP contribution >= 0.6 is 0 Å². The molecule has 0 radical (unpaired) electrons. The molecular formula is C23H34N2O2. The summed E-state index contributed by atoms with van der Waals surface area (Å²) in [5.41, 5.74) is 3.05. The predicted octanol–water partition coefficient (Wildman–Crippen LogP) is 4.25. The fraction of sp³-hybridized carbons (Fsp3) is 0.826. The minimum absolute atomic E-state index is 0.0107. The first-order valence-electron chi connectivity index (χ1n) is 11.2. The zero-order valence-electron chi connectivity index (χ0n) is 16.9. The number of rotatable bonds is 2. The summed E-state index contributed by atoms with van der Waals surface area (Å²) in [6.45, 7) is 6.75. The van der Waals surface area contributed by atoms with Gasteiger partial charge in [-0.25, -0.2) is 0 Å². The molecule has 0 aromatic heterocycles. The van der Waals surface area contributed by atoms with E-state index in [2.05, 4.69) is 30.4 Å². The maximum atomic E-state index is 12.5. The van der Waals surface area contributed by atoms with E-state index in [1.807, 2.05) is 0 Å². The van der Waals surface area contributed by atoms with Gasteiger partial charge < -0.3 is 10.2 Å². The summed E-state index contributed by atoms with van der Waals surface area (Å²) < 4.78 is 0. The third kappa shape index (κ3) is 2.73. The Balaban J connectivity index is 1.36. The van der Waals surface area contributed by atoms with E-state index in [0.717, 1.165) is 62.7 Å². The molecule has 1 heterocycles. The Bertz CT molecular complexity index is 692. The molecule has 1 N–H and O–H groups in total. The highest BCUT2D eigenvalue weighted by Crippen LogP contribution is 2.64. The second kappa shape index (κ2) is 6.43. The summed E-state index contributed by atoms with van der Waals surface area (Å²) in [6, 6.07) is 0. The first kappa shape index (κ1) is 17.9. The summed E-state index contributed by atoms with van der Waals surface area (Å²) in [5.74, 6) is 2.68. The predicted molar refractivity (Wildman–Crippen MR) is 107 cm³/mol. The maximum absolute atomic E-state index is 12.5. The molecule has 6 atom stereocenters. The van der Waals surface area contributed by atoms with E-state index in [1.54, 1.807) is 5.57 Å². The van der Waals surface area contributed by atoms with Gasteiger partial charge in [-0.3, -0.25) is 4.79 Å². The van der Waals surface area contributed by atoms with E-state index in [-0.39, 0.29) is 11.5 Å². The summed E-state index contributed by atoms with van der Waals surface area (Å²) >= 11 is 0. The molecule has 1 saturated heterocycles. The molecular weight excluding hydrogens is 336 g/mol. The highest BCUT2D eigenvalue weighted by atomic mass is 16.6. The quantitative estimate of drug-likeness (QED) is 0.739. The normalized spacial score (nSPS) is 48.0. The molecule has 4 fully saturated rings. The van der Waals surface area contributed by atoms with Crippen LogP contribution in [0.4, 0.5) is 0 Å². The molecule has 0 amide bonds. The van der Waals surface area contributed by atoms with Crippen molar-refractivity contribution in [3.63, 3.8) is 0 Å². The molecule has 4 nitrogen and oxygen atoms in total. The van der Waals surface area contributed by atoms with Gasteiger partial charge in [0.2, 0.25) is 0 Å². The van der Waals surface area contributed by atoms with Gasteiger partial charge in [0.25, 0.3) is 0 Å². The standard InChI is InChI=1S/C23H34N2O2/c1-22-10-7-16(25-27-17-9-12-24-14-17)13-15(22)3-4-18-19-5-6-21(26)23(19,2)11-8-20(18)22/h13,17-20,24H,3-12,14H2,1-2H3/t17?,18?,19?,20?,22-,23-/m0/s1. The van der Waals surface area contributed by atoms with Crippen LogP contribution < -0.4 is 5.32 Å². The summed E-state index contributed by atoms with van der Waals surface area (Å²) in [5, 5.41) is 7.85. The Morgan fingerprint density at radius 1 is 1.04 bits per heavy atom. The molecule has 4 aliphatic carbocycles. The number of carbonyl (C=O) groups excluding carboxylic acids is 1. The van der Waals surface area contributed by atoms with Gasteiger partial charge in [0.05, 0.1) is 5.71 Å². The Labute approximate surface area is 163 Å². The van der Waals surface area contributed by atoms with Crippen molar-refractivity contribution in [2.45, 2.75) is 77.7 Å². The molecule has 4 unspecified atom stereocenters. The Morgan fingerprint density at radius 3 is 2.70 bits per heavy atom. The van der Waals surface area contributed by atoms with Gasteiger partial charge >= 0.3 is 0 Å². The van der Waals surface area contributed by atoms with Crippen LogP contribution in [0.25, 0.3) is 0 Å². The van der Waals surface area contributed by atoms with Gasteiger partial charge in [-0.05, 0) is 80.7 Å². The average Bonchev–Trinajstić information content (AvgIpc) is 3.28. The molecule has 0 bridgehead atoms. The maximum Gasteiger partial charge on any atom is 0.141 e. The molecule has 0 aromatic rings. The van der Waals surface area contributed by atoms with E-state index in [9.17, 15) is 4.79 Å². The van der Waals surface area contributed by atoms with Crippen LogP contribution in [0, 0.1) is 28.6 Å². The second-order valence-electron chi connectivity index (χ2n) is 10.2. The third-order valence-electron chi connectivity index (χ3n) is 9.02. The van der Waals surface area contributed by atoms with E-state index in [1.165, 1.54) is 25.7 Å². The molecule has 148 valence electrons.